The predicted octanol–water partition coefficient (Wildman–Crippen LogP) is 1.37. The smallest absolute Gasteiger partial charge is 0.260 e. The summed E-state index contributed by atoms with van der Waals surface area (Å²) in [6.45, 7) is 2.89. The van der Waals surface area contributed by atoms with Crippen molar-refractivity contribution in [2.24, 2.45) is 7.05 Å². The summed E-state index contributed by atoms with van der Waals surface area (Å²) >= 11 is 0. The Morgan fingerprint density at radius 1 is 1.47 bits per heavy atom. The summed E-state index contributed by atoms with van der Waals surface area (Å²) in [7, 11) is 1.70. The van der Waals surface area contributed by atoms with Crippen molar-refractivity contribution in [1.29, 1.82) is 0 Å². The molecule has 15 heavy (non-hydrogen) atoms. The summed E-state index contributed by atoms with van der Waals surface area (Å²) in [6, 6.07) is 5.60. The minimum atomic E-state index is -0.0111. The first-order chi connectivity index (χ1) is 7.22. The second-order valence-electron chi connectivity index (χ2n) is 3.42. The van der Waals surface area contributed by atoms with E-state index < -0.39 is 0 Å². The highest BCUT2D eigenvalue weighted by Gasteiger charge is 2.01. The average Bonchev–Trinajstić information content (AvgIpc) is 2.24. The Balaban J connectivity index is 2.65. The minimum absolute atomic E-state index is 0.0111. The second-order valence-corrected chi connectivity index (χ2v) is 3.42. The maximum Gasteiger partial charge on any atom is 0.260 e. The average molecular weight is 203 g/mol. The molecule has 4 nitrogen and oxygen atoms in total. The largest absolute Gasteiger partial charge is 0.385 e. The van der Waals surface area contributed by atoms with Gasteiger partial charge in [0, 0.05) is 19.3 Å². The lowest BCUT2D eigenvalue weighted by molar-refractivity contribution is 0.843. The first kappa shape index (κ1) is 9.71. The van der Waals surface area contributed by atoms with E-state index in [1.54, 1.807) is 13.4 Å². The van der Waals surface area contributed by atoms with Crippen LogP contribution in [0.2, 0.25) is 0 Å². The lowest BCUT2D eigenvalue weighted by atomic mass is 10.2. The van der Waals surface area contributed by atoms with Gasteiger partial charge in [-0.3, -0.25) is 4.79 Å². The van der Waals surface area contributed by atoms with Crippen LogP contribution in [0.3, 0.4) is 0 Å². The molecule has 1 aromatic heterocycles. The molecule has 0 atom stereocenters. The van der Waals surface area contributed by atoms with Crippen molar-refractivity contribution in [3.8, 4) is 0 Å². The number of aromatic nitrogens is 2. The number of benzene rings is 1. The highest BCUT2D eigenvalue weighted by Crippen LogP contribution is 2.13. The zero-order chi connectivity index (χ0) is 10.8. The third-order valence-corrected chi connectivity index (χ3v) is 2.30. The number of hydrogen-bond acceptors (Lipinski definition) is 3. The van der Waals surface area contributed by atoms with Crippen molar-refractivity contribution in [2.45, 2.75) is 6.92 Å². The van der Waals surface area contributed by atoms with Crippen LogP contribution in [0.1, 0.15) is 6.92 Å². The number of aryl methyl sites for hydroxylation is 1. The molecule has 0 fully saturated rings. The molecule has 1 aromatic carbocycles. The van der Waals surface area contributed by atoms with Gasteiger partial charge in [0.1, 0.15) is 0 Å². The molecule has 0 bridgehead atoms. The van der Waals surface area contributed by atoms with E-state index in [0.29, 0.717) is 5.39 Å². The second kappa shape index (κ2) is 3.73. The van der Waals surface area contributed by atoms with E-state index >= 15 is 0 Å². The molecule has 2 aromatic rings. The number of nitrogens with zero attached hydrogens (tertiary/aromatic N) is 2. The fourth-order valence-corrected chi connectivity index (χ4v) is 1.52. The van der Waals surface area contributed by atoms with E-state index in [2.05, 4.69) is 10.3 Å². The number of nitrogens with one attached hydrogen (secondary N) is 1. The molecule has 2 rings (SSSR count). The molecular formula is C11H13N3O. The van der Waals surface area contributed by atoms with Crippen LogP contribution in [0.5, 0.6) is 0 Å². The van der Waals surface area contributed by atoms with E-state index in [4.69, 9.17) is 0 Å². The molecule has 0 saturated carbocycles. The van der Waals surface area contributed by atoms with E-state index in [-0.39, 0.29) is 5.56 Å². The number of rotatable bonds is 2. The fourth-order valence-electron chi connectivity index (χ4n) is 1.52. The summed E-state index contributed by atoms with van der Waals surface area (Å²) in [6.07, 6.45) is 1.54. The summed E-state index contributed by atoms with van der Waals surface area (Å²) in [5, 5.41) is 3.84. The van der Waals surface area contributed by atoms with Gasteiger partial charge in [-0.2, -0.15) is 0 Å². The summed E-state index contributed by atoms with van der Waals surface area (Å²) < 4.78 is 1.48. The van der Waals surface area contributed by atoms with Gasteiger partial charge < -0.3 is 9.88 Å². The van der Waals surface area contributed by atoms with Gasteiger partial charge in [-0.1, -0.05) is 0 Å². The van der Waals surface area contributed by atoms with Crippen LogP contribution >= 0.6 is 0 Å². The summed E-state index contributed by atoms with van der Waals surface area (Å²) in [5.74, 6) is 0. The van der Waals surface area contributed by atoms with Gasteiger partial charge in [0.25, 0.3) is 5.56 Å². The third kappa shape index (κ3) is 1.70. The third-order valence-electron chi connectivity index (χ3n) is 2.30. The molecule has 78 valence electrons. The molecule has 0 radical (unpaired) electrons. The maximum atomic E-state index is 11.7. The minimum Gasteiger partial charge on any atom is -0.385 e. The zero-order valence-corrected chi connectivity index (χ0v) is 8.82. The first-order valence-corrected chi connectivity index (χ1v) is 4.91. The van der Waals surface area contributed by atoms with Gasteiger partial charge in [-0.05, 0) is 25.1 Å². The van der Waals surface area contributed by atoms with Crippen molar-refractivity contribution in [3.05, 3.63) is 34.9 Å². The van der Waals surface area contributed by atoms with E-state index in [9.17, 15) is 4.79 Å². The summed E-state index contributed by atoms with van der Waals surface area (Å²) in [4.78, 5) is 15.9. The van der Waals surface area contributed by atoms with Crippen molar-refractivity contribution in [1.82, 2.24) is 9.55 Å². The molecule has 1 heterocycles. The van der Waals surface area contributed by atoms with E-state index in [1.165, 1.54) is 4.57 Å². The number of anilines is 1. The Morgan fingerprint density at radius 3 is 3.00 bits per heavy atom. The Bertz CT molecular complexity index is 545. The fraction of sp³-hybridized carbons (Fsp3) is 0.273. The number of hydrogen-bond donors (Lipinski definition) is 1. The first-order valence-electron chi connectivity index (χ1n) is 4.91. The van der Waals surface area contributed by atoms with Crippen molar-refractivity contribution in [3.63, 3.8) is 0 Å². The number of fused-ring (bicyclic) bond motifs is 1. The molecule has 0 aliphatic carbocycles. The van der Waals surface area contributed by atoms with Crippen LogP contribution < -0.4 is 10.9 Å². The topological polar surface area (TPSA) is 46.9 Å². The quantitative estimate of drug-likeness (QED) is 0.801. The van der Waals surface area contributed by atoms with E-state index in [1.807, 2.05) is 25.1 Å². The van der Waals surface area contributed by atoms with Crippen LogP contribution in [0.4, 0.5) is 5.69 Å². The molecule has 4 heteroatoms. The van der Waals surface area contributed by atoms with Crippen LogP contribution in [0.25, 0.3) is 10.9 Å². The van der Waals surface area contributed by atoms with Gasteiger partial charge >= 0.3 is 0 Å². The maximum absolute atomic E-state index is 11.7. The Labute approximate surface area is 87.6 Å². The highest BCUT2D eigenvalue weighted by molar-refractivity contribution is 5.81. The van der Waals surface area contributed by atoms with Gasteiger partial charge in [0.15, 0.2) is 0 Å². The van der Waals surface area contributed by atoms with Crippen molar-refractivity contribution >= 4 is 16.6 Å². The van der Waals surface area contributed by atoms with Gasteiger partial charge in [0.2, 0.25) is 0 Å². The standard InChI is InChI=1S/C11H13N3O/c1-3-12-8-4-5-9-10(6-8)13-7-14(2)11(9)15/h4-7,12H,3H2,1-2H3. The van der Waals surface area contributed by atoms with Gasteiger partial charge in [-0.25, -0.2) is 4.98 Å². The Hall–Kier alpha value is -1.84. The molecule has 0 spiro atoms. The van der Waals surface area contributed by atoms with Gasteiger partial charge in [0.05, 0.1) is 17.2 Å². The normalized spacial score (nSPS) is 10.5. The lowest BCUT2D eigenvalue weighted by Gasteiger charge is -2.04. The molecule has 0 amide bonds. The molecule has 0 aliphatic heterocycles. The van der Waals surface area contributed by atoms with Crippen LogP contribution in [0.15, 0.2) is 29.3 Å². The monoisotopic (exact) mass is 203 g/mol. The Morgan fingerprint density at radius 2 is 2.27 bits per heavy atom. The van der Waals surface area contributed by atoms with Crippen molar-refractivity contribution in [2.75, 3.05) is 11.9 Å². The highest BCUT2D eigenvalue weighted by atomic mass is 16.1. The SMILES string of the molecule is CCNc1ccc2c(=O)n(C)cnc2c1. The zero-order valence-electron chi connectivity index (χ0n) is 8.82. The lowest BCUT2D eigenvalue weighted by Crippen LogP contribution is -2.16. The Kier molecular flexibility index (Phi) is 2.41. The van der Waals surface area contributed by atoms with E-state index in [0.717, 1.165) is 17.7 Å². The van der Waals surface area contributed by atoms with Crippen molar-refractivity contribution < 1.29 is 0 Å². The summed E-state index contributed by atoms with van der Waals surface area (Å²) in [5.41, 5.74) is 1.71. The van der Waals surface area contributed by atoms with Crippen LogP contribution in [-0.2, 0) is 7.05 Å². The predicted molar refractivity (Wildman–Crippen MR) is 61.1 cm³/mol. The molecule has 0 saturated heterocycles. The molecule has 0 unspecified atom stereocenters. The molecular weight excluding hydrogens is 190 g/mol. The molecule has 0 aliphatic rings. The van der Waals surface area contributed by atoms with Crippen LogP contribution in [-0.4, -0.2) is 16.1 Å². The van der Waals surface area contributed by atoms with Gasteiger partial charge in [-0.15, -0.1) is 0 Å². The molecule has 1 N–H and O–H groups in total. The van der Waals surface area contributed by atoms with Crippen LogP contribution in [0, 0.1) is 0 Å².